The molecule has 2 aliphatic rings. The molecule has 3 heteroatoms. The van der Waals surface area contributed by atoms with Gasteiger partial charge < -0.3 is 14.4 Å². The lowest BCUT2D eigenvalue weighted by Crippen LogP contribution is -2.41. The second kappa shape index (κ2) is 6.91. The van der Waals surface area contributed by atoms with Crippen LogP contribution in [0.2, 0.25) is 0 Å². The van der Waals surface area contributed by atoms with Gasteiger partial charge in [-0.05, 0) is 49.8 Å². The van der Waals surface area contributed by atoms with Crippen molar-refractivity contribution in [3.8, 4) is 0 Å². The van der Waals surface area contributed by atoms with E-state index in [1.54, 1.807) is 7.11 Å². The third kappa shape index (κ3) is 3.85. The second-order valence-corrected chi connectivity index (χ2v) is 6.67. The van der Waals surface area contributed by atoms with Gasteiger partial charge in [-0.3, -0.25) is 0 Å². The summed E-state index contributed by atoms with van der Waals surface area (Å²) in [5, 5.41) is 0. The molecular weight excluding hydrogens is 262 g/mol. The number of piperidine rings is 1. The summed E-state index contributed by atoms with van der Waals surface area (Å²) in [5.74, 6) is 0. The molecule has 2 fully saturated rings. The van der Waals surface area contributed by atoms with Crippen molar-refractivity contribution < 1.29 is 9.47 Å². The quantitative estimate of drug-likeness (QED) is 0.832. The van der Waals surface area contributed by atoms with Gasteiger partial charge in [-0.25, -0.2) is 0 Å². The molecule has 0 saturated carbocycles. The molecule has 2 aliphatic heterocycles. The molecule has 1 spiro atoms. The average molecular weight is 289 g/mol. The summed E-state index contributed by atoms with van der Waals surface area (Å²) >= 11 is 0. The summed E-state index contributed by atoms with van der Waals surface area (Å²) in [5.41, 5.74) is 1.88. The van der Waals surface area contributed by atoms with Crippen LogP contribution in [0.1, 0.15) is 24.8 Å². The number of likely N-dealkylation sites (tertiary alicyclic amines) is 1. The Morgan fingerprint density at radius 1 is 1.24 bits per heavy atom. The Labute approximate surface area is 128 Å². The third-order valence-electron chi connectivity index (χ3n) is 5.11. The standard InChI is InChI=1S/C18H27NO2/c1-20-14-17-13-18(15-21-17)8-11-19(12-9-18)10-7-16-5-3-2-4-6-16/h2-6,17H,7-15H2,1H3. The van der Waals surface area contributed by atoms with Crippen LogP contribution in [0, 0.1) is 5.41 Å². The number of nitrogens with zero attached hydrogens (tertiary/aromatic N) is 1. The van der Waals surface area contributed by atoms with Crippen molar-refractivity contribution in [3.05, 3.63) is 35.9 Å². The molecule has 1 unspecified atom stereocenters. The van der Waals surface area contributed by atoms with Gasteiger partial charge in [0.1, 0.15) is 0 Å². The summed E-state index contributed by atoms with van der Waals surface area (Å²) in [7, 11) is 1.76. The molecule has 116 valence electrons. The van der Waals surface area contributed by atoms with Crippen molar-refractivity contribution >= 4 is 0 Å². The molecule has 0 aliphatic carbocycles. The monoisotopic (exact) mass is 289 g/mol. The minimum atomic E-state index is 0.325. The minimum absolute atomic E-state index is 0.325. The Balaban J connectivity index is 1.43. The molecule has 0 bridgehead atoms. The molecule has 1 aromatic carbocycles. The van der Waals surface area contributed by atoms with Gasteiger partial charge in [0.2, 0.25) is 0 Å². The largest absolute Gasteiger partial charge is 0.382 e. The van der Waals surface area contributed by atoms with Gasteiger partial charge in [-0.1, -0.05) is 30.3 Å². The van der Waals surface area contributed by atoms with Crippen molar-refractivity contribution in [2.45, 2.75) is 31.8 Å². The van der Waals surface area contributed by atoms with Crippen molar-refractivity contribution in [2.24, 2.45) is 5.41 Å². The molecule has 2 heterocycles. The predicted molar refractivity (Wildman–Crippen MR) is 84.5 cm³/mol. The normalized spacial score (nSPS) is 25.5. The molecule has 1 atom stereocenters. The summed E-state index contributed by atoms with van der Waals surface area (Å²) < 4.78 is 11.1. The van der Waals surface area contributed by atoms with Crippen molar-refractivity contribution in [2.75, 3.05) is 40.0 Å². The number of rotatable bonds is 5. The zero-order valence-electron chi connectivity index (χ0n) is 13.1. The Kier molecular flexibility index (Phi) is 4.94. The van der Waals surface area contributed by atoms with Crippen molar-refractivity contribution in [3.63, 3.8) is 0 Å². The van der Waals surface area contributed by atoms with Gasteiger partial charge in [0.15, 0.2) is 0 Å². The smallest absolute Gasteiger partial charge is 0.0814 e. The van der Waals surface area contributed by atoms with E-state index >= 15 is 0 Å². The maximum Gasteiger partial charge on any atom is 0.0814 e. The molecule has 3 rings (SSSR count). The highest BCUT2D eigenvalue weighted by Crippen LogP contribution is 2.41. The highest BCUT2D eigenvalue weighted by Gasteiger charge is 2.42. The van der Waals surface area contributed by atoms with Gasteiger partial charge in [-0.15, -0.1) is 0 Å². The fourth-order valence-corrected chi connectivity index (χ4v) is 3.72. The Bertz CT molecular complexity index is 426. The van der Waals surface area contributed by atoms with Crippen LogP contribution in [0.3, 0.4) is 0 Å². The van der Waals surface area contributed by atoms with Crippen LogP contribution in [-0.4, -0.2) is 51.0 Å². The van der Waals surface area contributed by atoms with Crippen LogP contribution >= 0.6 is 0 Å². The van der Waals surface area contributed by atoms with E-state index in [9.17, 15) is 0 Å². The molecule has 0 amide bonds. The SMILES string of the molecule is COCC1CC2(CCN(CCc3ccccc3)CC2)CO1. The summed E-state index contributed by atoms with van der Waals surface area (Å²) in [6.45, 7) is 5.31. The van der Waals surface area contributed by atoms with E-state index in [0.29, 0.717) is 11.5 Å². The maximum atomic E-state index is 5.91. The van der Waals surface area contributed by atoms with Crippen LogP contribution in [0.25, 0.3) is 0 Å². The van der Waals surface area contributed by atoms with Gasteiger partial charge in [0.25, 0.3) is 0 Å². The lowest BCUT2D eigenvalue weighted by molar-refractivity contribution is 0.0288. The van der Waals surface area contributed by atoms with Gasteiger partial charge >= 0.3 is 0 Å². The summed E-state index contributed by atoms with van der Waals surface area (Å²) in [4.78, 5) is 2.61. The van der Waals surface area contributed by atoms with E-state index in [4.69, 9.17) is 9.47 Å². The van der Waals surface area contributed by atoms with Crippen LogP contribution < -0.4 is 0 Å². The fourth-order valence-electron chi connectivity index (χ4n) is 3.72. The number of benzene rings is 1. The Hall–Kier alpha value is -0.900. The maximum absolute atomic E-state index is 5.91. The van der Waals surface area contributed by atoms with E-state index in [2.05, 4.69) is 35.2 Å². The number of methoxy groups -OCH3 is 1. The first-order chi connectivity index (χ1) is 10.3. The molecule has 0 aromatic heterocycles. The number of hydrogen-bond acceptors (Lipinski definition) is 3. The Morgan fingerprint density at radius 3 is 2.71 bits per heavy atom. The fraction of sp³-hybridized carbons (Fsp3) is 0.667. The number of hydrogen-bond donors (Lipinski definition) is 0. The van der Waals surface area contributed by atoms with Gasteiger partial charge in [-0.2, -0.15) is 0 Å². The first kappa shape index (κ1) is 15.0. The van der Waals surface area contributed by atoms with Gasteiger partial charge in [0.05, 0.1) is 19.3 Å². The van der Waals surface area contributed by atoms with Crippen molar-refractivity contribution in [1.29, 1.82) is 0 Å². The predicted octanol–water partition coefficient (Wildman–Crippen LogP) is 2.75. The molecule has 3 nitrogen and oxygen atoms in total. The second-order valence-electron chi connectivity index (χ2n) is 6.67. The molecule has 2 saturated heterocycles. The minimum Gasteiger partial charge on any atom is -0.382 e. The highest BCUT2D eigenvalue weighted by atomic mass is 16.5. The Morgan fingerprint density at radius 2 is 2.00 bits per heavy atom. The van der Waals surface area contributed by atoms with Crippen LogP contribution in [0.4, 0.5) is 0 Å². The zero-order chi connectivity index (χ0) is 14.5. The summed E-state index contributed by atoms with van der Waals surface area (Å²) in [6, 6.07) is 10.8. The molecule has 21 heavy (non-hydrogen) atoms. The van der Waals surface area contributed by atoms with E-state index in [-0.39, 0.29) is 0 Å². The lowest BCUT2D eigenvalue weighted by atomic mass is 9.76. The molecule has 1 aromatic rings. The molecule has 0 N–H and O–H groups in total. The zero-order valence-corrected chi connectivity index (χ0v) is 13.1. The summed E-state index contributed by atoms with van der Waals surface area (Å²) in [6.07, 6.45) is 5.24. The highest BCUT2D eigenvalue weighted by molar-refractivity contribution is 5.14. The van der Waals surface area contributed by atoms with Gasteiger partial charge in [0, 0.05) is 13.7 Å². The first-order valence-corrected chi connectivity index (χ1v) is 8.16. The van der Waals surface area contributed by atoms with E-state index in [0.717, 1.165) is 19.6 Å². The van der Waals surface area contributed by atoms with E-state index in [1.807, 2.05) is 0 Å². The van der Waals surface area contributed by atoms with E-state index < -0.39 is 0 Å². The molecular formula is C18H27NO2. The topological polar surface area (TPSA) is 21.7 Å². The van der Waals surface area contributed by atoms with Crippen molar-refractivity contribution in [1.82, 2.24) is 4.90 Å². The molecule has 0 radical (unpaired) electrons. The van der Waals surface area contributed by atoms with Crippen LogP contribution in [-0.2, 0) is 15.9 Å². The average Bonchev–Trinajstić information content (AvgIpc) is 2.91. The van der Waals surface area contributed by atoms with Crippen LogP contribution in [0.5, 0.6) is 0 Å². The lowest BCUT2D eigenvalue weighted by Gasteiger charge is -2.38. The first-order valence-electron chi connectivity index (χ1n) is 8.16. The number of ether oxygens (including phenoxy) is 2. The third-order valence-corrected chi connectivity index (χ3v) is 5.11. The van der Waals surface area contributed by atoms with Crippen LogP contribution in [0.15, 0.2) is 30.3 Å². The van der Waals surface area contributed by atoms with E-state index in [1.165, 1.54) is 44.5 Å².